The number of hydrogen-bond acceptors (Lipinski definition) is 3. The van der Waals surface area contributed by atoms with Crippen LogP contribution in [0.5, 0.6) is 0 Å². The summed E-state index contributed by atoms with van der Waals surface area (Å²) >= 11 is 0. The lowest BCUT2D eigenvalue weighted by atomic mass is 9.78. The zero-order valence-electron chi connectivity index (χ0n) is 10.9. The average Bonchev–Trinajstić information content (AvgIpc) is 2.35. The van der Waals surface area contributed by atoms with Gasteiger partial charge < -0.3 is 10.4 Å². The standard InChI is InChI=1S/C14H20N2O2/c1-9-5-3-7-12(10(9)2)16-13-11(14(17)18)6-4-8-15-13/h4,6,8-10,12H,3,5,7H2,1-2H3,(H,15,16)(H,17,18). The molecule has 0 aromatic carbocycles. The number of nitrogens with one attached hydrogen (secondary N) is 1. The van der Waals surface area contributed by atoms with Crippen molar-refractivity contribution in [2.45, 2.75) is 39.2 Å². The second-order valence-electron chi connectivity index (χ2n) is 5.22. The number of aromatic carboxylic acids is 1. The predicted octanol–water partition coefficient (Wildman–Crippen LogP) is 3.02. The van der Waals surface area contributed by atoms with Crippen molar-refractivity contribution in [3.8, 4) is 0 Å². The Morgan fingerprint density at radius 3 is 2.94 bits per heavy atom. The molecule has 0 bridgehead atoms. The van der Waals surface area contributed by atoms with Crippen molar-refractivity contribution in [1.29, 1.82) is 0 Å². The summed E-state index contributed by atoms with van der Waals surface area (Å²) in [5.74, 6) is 0.786. The van der Waals surface area contributed by atoms with Gasteiger partial charge in [0.2, 0.25) is 0 Å². The molecule has 1 heterocycles. The van der Waals surface area contributed by atoms with Gasteiger partial charge in [-0.2, -0.15) is 0 Å². The van der Waals surface area contributed by atoms with Crippen LogP contribution in [0.1, 0.15) is 43.5 Å². The Morgan fingerprint density at radius 2 is 2.22 bits per heavy atom. The highest BCUT2D eigenvalue weighted by Crippen LogP contribution is 2.31. The third kappa shape index (κ3) is 2.63. The van der Waals surface area contributed by atoms with E-state index in [4.69, 9.17) is 5.11 Å². The first-order valence-corrected chi connectivity index (χ1v) is 6.54. The van der Waals surface area contributed by atoms with Crippen molar-refractivity contribution < 1.29 is 9.90 Å². The van der Waals surface area contributed by atoms with Crippen molar-refractivity contribution in [3.05, 3.63) is 23.9 Å². The molecular weight excluding hydrogens is 228 g/mol. The fourth-order valence-corrected chi connectivity index (χ4v) is 2.65. The van der Waals surface area contributed by atoms with Crippen LogP contribution in [-0.4, -0.2) is 22.1 Å². The molecule has 0 amide bonds. The minimum absolute atomic E-state index is 0.253. The van der Waals surface area contributed by atoms with Crippen LogP contribution in [0.2, 0.25) is 0 Å². The van der Waals surface area contributed by atoms with E-state index in [9.17, 15) is 4.79 Å². The SMILES string of the molecule is CC1CCCC(Nc2ncccc2C(=O)O)C1C. The number of rotatable bonds is 3. The third-order valence-electron chi connectivity index (χ3n) is 4.07. The summed E-state index contributed by atoms with van der Waals surface area (Å²) in [6.07, 6.45) is 5.17. The van der Waals surface area contributed by atoms with Gasteiger partial charge in [0, 0.05) is 12.2 Å². The number of aromatic nitrogens is 1. The highest BCUT2D eigenvalue weighted by Gasteiger charge is 2.28. The van der Waals surface area contributed by atoms with Crippen molar-refractivity contribution >= 4 is 11.8 Å². The largest absolute Gasteiger partial charge is 0.478 e. The van der Waals surface area contributed by atoms with Crippen LogP contribution in [0, 0.1) is 11.8 Å². The molecule has 1 fully saturated rings. The molecule has 3 atom stereocenters. The highest BCUT2D eigenvalue weighted by molar-refractivity contribution is 5.93. The summed E-state index contributed by atoms with van der Waals surface area (Å²) in [4.78, 5) is 15.3. The number of carbonyl (C=O) groups is 1. The Morgan fingerprint density at radius 1 is 1.44 bits per heavy atom. The van der Waals surface area contributed by atoms with Gasteiger partial charge in [-0.1, -0.05) is 26.7 Å². The second-order valence-corrected chi connectivity index (χ2v) is 5.22. The predicted molar refractivity (Wildman–Crippen MR) is 70.8 cm³/mol. The van der Waals surface area contributed by atoms with E-state index >= 15 is 0 Å². The summed E-state index contributed by atoms with van der Waals surface area (Å²) in [5.41, 5.74) is 0.253. The van der Waals surface area contributed by atoms with E-state index in [2.05, 4.69) is 24.1 Å². The summed E-state index contributed by atoms with van der Waals surface area (Å²) < 4.78 is 0. The smallest absolute Gasteiger partial charge is 0.339 e. The van der Waals surface area contributed by atoms with E-state index in [1.165, 1.54) is 12.8 Å². The lowest BCUT2D eigenvalue weighted by Gasteiger charge is -2.35. The molecule has 1 saturated carbocycles. The van der Waals surface area contributed by atoms with Crippen molar-refractivity contribution in [2.75, 3.05) is 5.32 Å². The fourth-order valence-electron chi connectivity index (χ4n) is 2.65. The van der Waals surface area contributed by atoms with Crippen LogP contribution in [0.3, 0.4) is 0 Å². The number of nitrogens with zero attached hydrogens (tertiary/aromatic N) is 1. The Hall–Kier alpha value is -1.58. The van der Waals surface area contributed by atoms with Gasteiger partial charge in [-0.25, -0.2) is 9.78 Å². The van der Waals surface area contributed by atoms with Crippen LogP contribution >= 0.6 is 0 Å². The summed E-state index contributed by atoms with van der Waals surface area (Å²) in [7, 11) is 0. The first-order valence-electron chi connectivity index (χ1n) is 6.54. The summed E-state index contributed by atoms with van der Waals surface area (Å²) in [6.45, 7) is 4.49. The second kappa shape index (κ2) is 5.38. The molecule has 18 heavy (non-hydrogen) atoms. The molecule has 98 valence electrons. The highest BCUT2D eigenvalue weighted by atomic mass is 16.4. The van der Waals surface area contributed by atoms with Gasteiger partial charge in [-0.15, -0.1) is 0 Å². The van der Waals surface area contributed by atoms with Gasteiger partial charge in [0.1, 0.15) is 11.4 Å². The molecule has 2 rings (SSSR count). The Bertz CT molecular complexity index is 434. The number of hydrogen-bond donors (Lipinski definition) is 2. The third-order valence-corrected chi connectivity index (χ3v) is 4.07. The van der Waals surface area contributed by atoms with Crippen LogP contribution < -0.4 is 5.32 Å². The fraction of sp³-hybridized carbons (Fsp3) is 0.571. The number of anilines is 1. The van der Waals surface area contributed by atoms with E-state index in [-0.39, 0.29) is 5.56 Å². The maximum Gasteiger partial charge on any atom is 0.339 e. The Labute approximate surface area is 107 Å². The van der Waals surface area contributed by atoms with Crippen LogP contribution in [0.15, 0.2) is 18.3 Å². The average molecular weight is 248 g/mol. The van der Waals surface area contributed by atoms with Crippen LogP contribution in [0.4, 0.5) is 5.82 Å². The lowest BCUT2D eigenvalue weighted by Crippen LogP contribution is -2.35. The molecule has 0 aliphatic heterocycles. The molecular formula is C14H20N2O2. The molecule has 1 aromatic heterocycles. The van der Waals surface area contributed by atoms with Gasteiger partial charge >= 0.3 is 5.97 Å². The van der Waals surface area contributed by atoms with Gasteiger partial charge in [-0.3, -0.25) is 0 Å². The first kappa shape index (κ1) is 12.9. The maximum absolute atomic E-state index is 11.1. The quantitative estimate of drug-likeness (QED) is 0.863. The summed E-state index contributed by atoms with van der Waals surface area (Å²) in [6, 6.07) is 3.57. The number of pyridine rings is 1. The molecule has 1 aliphatic carbocycles. The minimum Gasteiger partial charge on any atom is -0.478 e. The first-order chi connectivity index (χ1) is 8.59. The molecule has 1 aliphatic rings. The van der Waals surface area contributed by atoms with Crippen LogP contribution in [-0.2, 0) is 0 Å². The number of carboxylic acid groups (broad SMARTS) is 1. The van der Waals surface area contributed by atoms with Gasteiger partial charge in [-0.05, 0) is 30.4 Å². The summed E-state index contributed by atoms with van der Waals surface area (Å²) in [5, 5.41) is 12.5. The molecule has 4 heteroatoms. The van der Waals surface area contributed by atoms with Crippen molar-refractivity contribution in [2.24, 2.45) is 11.8 Å². The molecule has 3 unspecified atom stereocenters. The minimum atomic E-state index is -0.929. The van der Waals surface area contributed by atoms with Gasteiger partial charge in [0.15, 0.2) is 0 Å². The van der Waals surface area contributed by atoms with E-state index in [0.717, 1.165) is 6.42 Å². The van der Waals surface area contributed by atoms with E-state index in [1.54, 1.807) is 18.3 Å². The van der Waals surface area contributed by atoms with Gasteiger partial charge in [0.05, 0.1) is 0 Å². The van der Waals surface area contributed by atoms with E-state index < -0.39 is 5.97 Å². The molecule has 1 aromatic rings. The molecule has 2 N–H and O–H groups in total. The normalized spacial score (nSPS) is 27.8. The molecule has 0 radical (unpaired) electrons. The number of carboxylic acids is 1. The zero-order valence-corrected chi connectivity index (χ0v) is 10.9. The Balaban J connectivity index is 2.16. The Kier molecular flexibility index (Phi) is 3.84. The monoisotopic (exact) mass is 248 g/mol. The molecule has 4 nitrogen and oxygen atoms in total. The van der Waals surface area contributed by atoms with E-state index in [1.807, 2.05) is 0 Å². The van der Waals surface area contributed by atoms with Gasteiger partial charge in [0.25, 0.3) is 0 Å². The van der Waals surface area contributed by atoms with Crippen LogP contribution in [0.25, 0.3) is 0 Å². The lowest BCUT2D eigenvalue weighted by molar-refractivity contribution is 0.0697. The topological polar surface area (TPSA) is 62.2 Å². The van der Waals surface area contributed by atoms with Crippen molar-refractivity contribution in [3.63, 3.8) is 0 Å². The molecule has 0 saturated heterocycles. The molecule has 0 spiro atoms. The van der Waals surface area contributed by atoms with Crippen molar-refractivity contribution in [1.82, 2.24) is 4.98 Å². The zero-order chi connectivity index (χ0) is 13.1. The maximum atomic E-state index is 11.1. The van der Waals surface area contributed by atoms with E-state index in [0.29, 0.717) is 23.7 Å².